The summed E-state index contributed by atoms with van der Waals surface area (Å²) >= 11 is 5.37. The number of nitrogens with zero attached hydrogens (tertiary/aromatic N) is 1. The first-order valence-electron chi connectivity index (χ1n) is 10.9. The number of anilines is 1. The first-order chi connectivity index (χ1) is 17.1. The molecule has 35 heavy (non-hydrogen) atoms. The molecule has 0 bridgehead atoms. The monoisotopic (exact) mass is 477 g/mol. The van der Waals surface area contributed by atoms with Gasteiger partial charge in [-0.2, -0.15) is 0 Å². The Morgan fingerprint density at radius 3 is 2.11 bits per heavy atom. The quantitative estimate of drug-likeness (QED) is 0.244. The number of nitrogens with one attached hydrogen (secondary N) is 2. The van der Waals surface area contributed by atoms with Gasteiger partial charge in [0.2, 0.25) is 5.89 Å². The van der Waals surface area contributed by atoms with Crippen LogP contribution in [0.1, 0.15) is 26.3 Å². The van der Waals surface area contributed by atoms with E-state index in [0.29, 0.717) is 39.4 Å². The number of benzene rings is 4. The van der Waals surface area contributed by atoms with E-state index in [2.05, 4.69) is 15.6 Å². The standard InChI is InChI=1S/C28H19N3O3S/c32-25(18-8-2-1-3-9-18)19-14-16-20(17-15-19)26(33)31-28(35)30-22-11-5-4-10-21(22)27-29-23-12-6-7-13-24(23)34-27/h1-17H,(H2,30,31,33,35). The Morgan fingerprint density at radius 2 is 1.34 bits per heavy atom. The summed E-state index contributed by atoms with van der Waals surface area (Å²) in [5.74, 6) is -0.0480. The van der Waals surface area contributed by atoms with Crippen LogP contribution in [0, 0.1) is 0 Å². The third kappa shape index (κ3) is 4.85. The van der Waals surface area contributed by atoms with E-state index in [4.69, 9.17) is 16.6 Å². The average molecular weight is 478 g/mol. The minimum Gasteiger partial charge on any atom is -0.436 e. The maximum absolute atomic E-state index is 12.7. The van der Waals surface area contributed by atoms with Gasteiger partial charge in [0.25, 0.3) is 5.91 Å². The predicted molar refractivity (Wildman–Crippen MR) is 139 cm³/mol. The van der Waals surface area contributed by atoms with E-state index >= 15 is 0 Å². The molecule has 0 saturated heterocycles. The number of ketones is 1. The highest BCUT2D eigenvalue weighted by molar-refractivity contribution is 7.80. The van der Waals surface area contributed by atoms with Crippen molar-refractivity contribution in [2.45, 2.75) is 0 Å². The molecule has 7 heteroatoms. The number of fused-ring (bicyclic) bond motifs is 1. The molecule has 0 aliphatic carbocycles. The Bertz CT molecular complexity index is 1510. The maximum atomic E-state index is 12.7. The zero-order valence-corrected chi connectivity index (χ0v) is 19.2. The third-order valence-electron chi connectivity index (χ3n) is 5.37. The van der Waals surface area contributed by atoms with Crippen molar-refractivity contribution in [2.24, 2.45) is 0 Å². The number of carbonyl (C=O) groups excluding carboxylic acids is 2. The molecule has 0 atom stereocenters. The van der Waals surface area contributed by atoms with Crippen LogP contribution in [-0.4, -0.2) is 21.8 Å². The minimum absolute atomic E-state index is 0.106. The number of hydrogen-bond donors (Lipinski definition) is 2. The fourth-order valence-corrected chi connectivity index (χ4v) is 3.83. The molecule has 1 amide bonds. The summed E-state index contributed by atoms with van der Waals surface area (Å²) in [6.07, 6.45) is 0. The van der Waals surface area contributed by atoms with Crippen molar-refractivity contribution in [3.63, 3.8) is 0 Å². The van der Waals surface area contributed by atoms with Gasteiger partial charge in [-0.1, -0.05) is 66.7 Å². The minimum atomic E-state index is -0.388. The summed E-state index contributed by atoms with van der Waals surface area (Å²) in [6.45, 7) is 0. The summed E-state index contributed by atoms with van der Waals surface area (Å²) in [5, 5.41) is 5.85. The van der Waals surface area contributed by atoms with Crippen LogP contribution in [0.3, 0.4) is 0 Å². The fourth-order valence-electron chi connectivity index (χ4n) is 3.62. The number of oxazole rings is 1. The van der Waals surface area contributed by atoms with E-state index in [-0.39, 0.29) is 16.8 Å². The largest absolute Gasteiger partial charge is 0.436 e. The lowest BCUT2D eigenvalue weighted by molar-refractivity contribution is 0.0975. The second-order valence-corrected chi connectivity index (χ2v) is 8.12. The molecular formula is C28H19N3O3S. The van der Waals surface area contributed by atoms with E-state index < -0.39 is 0 Å². The highest BCUT2D eigenvalue weighted by Gasteiger charge is 2.15. The van der Waals surface area contributed by atoms with Gasteiger partial charge in [-0.25, -0.2) is 4.98 Å². The Balaban J connectivity index is 1.28. The first-order valence-corrected chi connectivity index (χ1v) is 11.3. The Labute approximate surface area is 206 Å². The van der Waals surface area contributed by atoms with Gasteiger partial charge in [-0.3, -0.25) is 14.9 Å². The van der Waals surface area contributed by atoms with E-state index in [1.165, 1.54) is 0 Å². The molecule has 4 aromatic carbocycles. The maximum Gasteiger partial charge on any atom is 0.257 e. The van der Waals surface area contributed by atoms with Crippen molar-refractivity contribution in [1.82, 2.24) is 10.3 Å². The van der Waals surface area contributed by atoms with E-state index in [1.807, 2.05) is 66.7 Å². The van der Waals surface area contributed by atoms with E-state index in [0.717, 1.165) is 5.52 Å². The Morgan fingerprint density at radius 1 is 0.714 bits per heavy atom. The molecule has 0 spiro atoms. The van der Waals surface area contributed by atoms with Crippen molar-refractivity contribution in [1.29, 1.82) is 0 Å². The number of carbonyl (C=O) groups is 2. The summed E-state index contributed by atoms with van der Waals surface area (Å²) in [4.78, 5) is 29.8. The molecule has 0 aliphatic rings. The van der Waals surface area contributed by atoms with Crippen LogP contribution in [-0.2, 0) is 0 Å². The molecule has 1 aromatic heterocycles. The molecule has 5 rings (SSSR count). The Kier molecular flexibility index (Phi) is 6.15. The van der Waals surface area contributed by atoms with Gasteiger partial charge in [-0.15, -0.1) is 0 Å². The lowest BCUT2D eigenvalue weighted by Gasteiger charge is -2.12. The normalized spacial score (nSPS) is 10.6. The molecule has 2 N–H and O–H groups in total. The number of thiocarbonyl (C=S) groups is 1. The van der Waals surface area contributed by atoms with Crippen molar-refractivity contribution in [2.75, 3.05) is 5.32 Å². The molecule has 0 fully saturated rings. The second kappa shape index (κ2) is 9.70. The van der Waals surface area contributed by atoms with Gasteiger partial charge in [0.05, 0.1) is 11.3 Å². The third-order valence-corrected chi connectivity index (χ3v) is 5.58. The Hall–Kier alpha value is -4.62. The van der Waals surface area contributed by atoms with Gasteiger partial charge in [0.1, 0.15) is 5.52 Å². The highest BCUT2D eigenvalue weighted by Crippen LogP contribution is 2.30. The van der Waals surface area contributed by atoms with Crippen LogP contribution < -0.4 is 10.6 Å². The van der Waals surface area contributed by atoms with Crippen LogP contribution in [0.4, 0.5) is 5.69 Å². The van der Waals surface area contributed by atoms with Crippen molar-refractivity contribution in [3.05, 3.63) is 120 Å². The van der Waals surface area contributed by atoms with Gasteiger partial charge < -0.3 is 9.73 Å². The lowest BCUT2D eigenvalue weighted by atomic mass is 10.0. The molecular weight excluding hydrogens is 458 g/mol. The zero-order chi connectivity index (χ0) is 24.2. The summed E-state index contributed by atoms with van der Waals surface area (Å²) in [6, 6.07) is 30.4. The van der Waals surface area contributed by atoms with Crippen LogP contribution in [0.25, 0.3) is 22.6 Å². The van der Waals surface area contributed by atoms with Gasteiger partial charge in [-0.05, 0) is 48.6 Å². The number of amides is 1. The zero-order valence-electron chi connectivity index (χ0n) is 18.4. The predicted octanol–water partition coefficient (Wildman–Crippen LogP) is 5.85. The van der Waals surface area contributed by atoms with Crippen LogP contribution >= 0.6 is 12.2 Å². The van der Waals surface area contributed by atoms with Crippen LogP contribution in [0.15, 0.2) is 108 Å². The van der Waals surface area contributed by atoms with Gasteiger partial charge in [0, 0.05) is 16.7 Å². The molecule has 1 heterocycles. The molecule has 0 aliphatic heterocycles. The summed E-state index contributed by atoms with van der Waals surface area (Å²) < 4.78 is 5.88. The molecule has 5 aromatic rings. The van der Waals surface area contributed by atoms with Crippen LogP contribution in [0.2, 0.25) is 0 Å². The lowest BCUT2D eigenvalue weighted by Crippen LogP contribution is -2.34. The van der Waals surface area contributed by atoms with Crippen molar-refractivity contribution in [3.8, 4) is 11.5 Å². The van der Waals surface area contributed by atoms with E-state index in [1.54, 1.807) is 36.4 Å². The topological polar surface area (TPSA) is 84.2 Å². The van der Waals surface area contributed by atoms with Gasteiger partial charge >= 0.3 is 0 Å². The summed E-state index contributed by atoms with van der Waals surface area (Å²) in [5.41, 5.74) is 4.27. The number of para-hydroxylation sites is 3. The molecule has 6 nitrogen and oxygen atoms in total. The molecule has 170 valence electrons. The van der Waals surface area contributed by atoms with Gasteiger partial charge in [0.15, 0.2) is 16.5 Å². The molecule has 0 radical (unpaired) electrons. The first kappa shape index (κ1) is 22.2. The SMILES string of the molecule is O=C(NC(=S)Nc1ccccc1-c1nc2ccccc2o1)c1ccc(C(=O)c2ccccc2)cc1. The van der Waals surface area contributed by atoms with E-state index in [9.17, 15) is 9.59 Å². The smallest absolute Gasteiger partial charge is 0.257 e. The highest BCUT2D eigenvalue weighted by atomic mass is 32.1. The summed E-state index contributed by atoms with van der Waals surface area (Å²) in [7, 11) is 0. The fraction of sp³-hybridized carbons (Fsp3) is 0. The molecule has 0 unspecified atom stereocenters. The van der Waals surface area contributed by atoms with Crippen molar-refractivity contribution >= 4 is 45.8 Å². The number of aromatic nitrogens is 1. The number of hydrogen-bond acceptors (Lipinski definition) is 5. The van der Waals surface area contributed by atoms with Crippen molar-refractivity contribution < 1.29 is 14.0 Å². The van der Waals surface area contributed by atoms with Crippen LogP contribution in [0.5, 0.6) is 0 Å². The number of rotatable bonds is 5. The second-order valence-electron chi connectivity index (χ2n) is 7.71. The average Bonchev–Trinajstić information content (AvgIpc) is 3.33. The molecule has 0 saturated carbocycles.